The number of carboxylic acids is 1. The minimum absolute atomic E-state index is 0.144. The van der Waals surface area contributed by atoms with Crippen LogP contribution >= 0.6 is 11.6 Å². The molecule has 0 bridgehead atoms. The average Bonchev–Trinajstić information content (AvgIpc) is 3.03. The molecule has 1 atom stereocenters. The number of hydrogen-bond donors (Lipinski definition) is 3. The number of halogens is 1. The first-order chi connectivity index (χ1) is 14.4. The summed E-state index contributed by atoms with van der Waals surface area (Å²) in [5, 5.41) is 23.6. The molecule has 2 aromatic carbocycles. The topological polar surface area (TPSA) is 69.6 Å². The summed E-state index contributed by atoms with van der Waals surface area (Å²) in [4.78, 5) is 12.4. The minimum Gasteiger partial charge on any atom is -0.480 e. The van der Waals surface area contributed by atoms with Gasteiger partial charge in [-0.2, -0.15) is 0 Å². The third kappa shape index (κ3) is 3.63. The molecule has 0 amide bonds. The van der Waals surface area contributed by atoms with Crippen molar-refractivity contribution in [3.05, 3.63) is 70.3 Å². The van der Waals surface area contributed by atoms with E-state index >= 15 is 0 Å². The number of anilines is 1. The Balaban J connectivity index is 1.64. The van der Waals surface area contributed by atoms with Gasteiger partial charge in [-0.1, -0.05) is 60.5 Å². The zero-order valence-corrected chi connectivity index (χ0v) is 18.0. The molecular formula is C25H28ClNO3. The average molecular weight is 426 g/mol. The zero-order valence-electron chi connectivity index (χ0n) is 17.2. The van der Waals surface area contributed by atoms with Gasteiger partial charge in [0.05, 0.1) is 0 Å². The quantitative estimate of drug-likeness (QED) is 0.571. The molecular weight excluding hydrogens is 398 g/mol. The molecule has 2 aromatic rings. The highest BCUT2D eigenvalue weighted by Crippen LogP contribution is 2.54. The zero-order chi connectivity index (χ0) is 21.4. The number of aliphatic hydroxyl groups is 1. The Kier molecular flexibility index (Phi) is 5.65. The van der Waals surface area contributed by atoms with E-state index in [2.05, 4.69) is 36.5 Å². The van der Waals surface area contributed by atoms with Gasteiger partial charge >= 0.3 is 5.97 Å². The fourth-order valence-corrected chi connectivity index (χ4v) is 5.37. The number of aliphatic hydroxyl groups excluding tert-OH is 1. The van der Waals surface area contributed by atoms with Crippen molar-refractivity contribution >= 4 is 29.3 Å². The number of rotatable bonds is 6. The number of carbonyl (C=O) groups is 1. The van der Waals surface area contributed by atoms with Crippen LogP contribution in [0.2, 0.25) is 5.02 Å². The van der Waals surface area contributed by atoms with Gasteiger partial charge in [0.2, 0.25) is 0 Å². The SMILES string of the molecule is C[C@@H](CO)CC1=Cc2ccccc2C12CCC(Nc1cccc(Cl)c1)(C(=O)O)CC2. The lowest BCUT2D eigenvalue weighted by atomic mass is 9.61. The van der Waals surface area contributed by atoms with Gasteiger partial charge < -0.3 is 15.5 Å². The number of benzene rings is 2. The van der Waals surface area contributed by atoms with Crippen molar-refractivity contribution in [1.82, 2.24) is 0 Å². The van der Waals surface area contributed by atoms with E-state index in [4.69, 9.17) is 11.6 Å². The van der Waals surface area contributed by atoms with Crippen molar-refractivity contribution in [2.45, 2.75) is 50.0 Å². The highest BCUT2D eigenvalue weighted by molar-refractivity contribution is 6.30. The molecule has 0 heterocycles. The van der Waals surface area contributed by atoms with Crippen LogP contribution < -0.4 is 5.32 Å². The summed E-state index contributed by atoms with van der Waals surface area (Å²) in [5.74, 6) is -0.643. The van der Waals surface area contributed by atoms with Crippen LogP contribution in [0, 0.1) is 5.92 Å². The Morgan fingerprint density at radius 1 is 1.13 bits per heavy atom. The molecule has 2 aliphatic carbocycles. The van der Waals surface area contributed by atoms with Gasteiger partial charge in [0.25, 0.3) is 0 Å². The van der Waals surface area contributed by atoms with E-state index in [-0.39, 0.29) is 17.9 Å². The van der Waals surface area contributed by atoms with Crippen molar-refractivity contribution in [3.63, 3.8) is 0 Å². The first-order valence-corrected chi connectivity index (χ1v) is 10.9. The number of allylic oxidation sites excluding steroid dienone is 1. The van der Waals surface area contributed by atoms with E-state index in [1.165, 1.54) is 16.7 Å². The predicted molar refractivity (Wildman–Crippen MR) is 121 cm³/mol. The van der Waals surface area contributed by atoms with Crippen LogP contribution in [0.5, 0.6) is 0 Å². The summed E-state index contributed by atoms with van der Waals surface area (Å²) in [6, 6.07) is 15.7. The second-order valence-electron chi connectivity index (χ2n) is 8.85. The maximum absolute atomic E-state index is 12.4. The molecule has 0 aromatic heterocycles. The smallest absolute Gasteiger partial charge is 0.329 e. The molecule has 30 heavy (non-hydrogen) atoms. The first kappa shape index (κ1) is 21.0. The van der Waals surface area contributed by atoms with E-state index in [0.29, 0.717) is 17.9 Å². The summed E-state index contributed by atoms with van der Waals surface area (Å²) in [6.45, 7) is 2.21. The monoisotopic (exact) mass is 425 g/mol. The van der Waals surface area contributed by atoms with E-state index in [1.807, 2.05) is 18.2 Å². The van der Waals surface area contributed by atoms with Gasteiger partial charge in [-0.15, -0.1) is 0 Å². The van der Waals surface area contributed by atoms with Crippen molar-refractivity contribution < 1.29 is 15.0 Å². The maximum atomic E-state index is 12.4. The van der Waals surface area contributed by atoms with Gasteiger partial charge in [0.1, 0.15) is 5.54 Å². The predicted octanol–water partition coefficient (Wildman–Crippen LogP) is 5.50. The molecule has 3 N–H and O–H groups in total. The number of fused-ring (bicyclic) bond motifs is 2. The van der Waals surface area contributed by atoms with Crippen LogP contribution in [0.25, 0.3) is 6.08 Å². The van der Waals surface area contributed by atoms with Crippen LogP contribution in [0.15, 0.2) is 54.1 Å². The van der Waals surface area contributed by atoms with Gasteiger partial charge in [-0.05, 0) is 67.3 Å². The first-order valence-electron chi connectivity index (χ1n) is 10.6. The normalized spacial score (nSPS) is 26.2. The molecule has 0 aliphatic heterocycles. The molecule has 5 heteroatoms. The highest BCUT2D eigenvalue weighted by Gasteiger charge is 2.51. The summed E-state index contributed by atoms with van der Waals surface area (Å²) < 4.78 is 0. The maximum Gasteiger partial charge on any atom is 0.329 e. The second-order valence-corrected chi connectivity index (χ2v) is 9.29. The molecule has 1 fully saturated rings. The lowest BCUT2D eigenvalue weighted by Gasteiger charge is -2.46. The van der Waals surface area contributed by atoms with E-state index in [0.717, 1.165) is 24.9 Å². The number of hydrogen-bond acceptors (Lipinski definition) is 3. The Labute approximate surface area is 182 Å². The van der Waals surface area contributed by atoms with Gasteiger partial charge in [0.15, 0.2) is 0 Å². The standard InChI is InChI=1S/C25H28ClNO3/c1-17(16-28)13-19-14-18-5-2-3-8-22(18)24(19)9-11-25(12-10-24,23(29)30)27-21-7-4-6-20(26)15-21/h2-8,14-15,17,27-28H,9-13,16H2,1H3,(H,29,30)/t17-,24?,25?/m1/s1. The molecule has 0 radical (unpaired) electrons. The molecule has 1 spiro atoms. The Morgan fingerprint density at radius 3 is 2.53 bits per heavy atom. The lowest BCUT2D eigenvalue weighted by molar-refractivity contribution is -0.143. The fourth-order valence-electron chi connectivity index (χ4n) is 5.18. The number of aliphatic carboxylic acids is 1. The third-order valence-corrected chi connectivity index (χ3v) is 7.11. The van der Waals surface area contributed by atoms with Crippen LogP contribution in [0.4, 0.5) is 5.69 Å². The van der Waals surface area contributed by atoms with E-state index in [1.54, 1.807) is 12.1 Å². The summed E-state index contributed by atoms with van der Waals surface area (Å²) in [5.41, 5.74) is 3.43. The molecule has 1 saturated carbocycles. The highest BCUT2D eigenvalue weighted by atomic mass is 35.5. The van der Waals surface area contributed by atoms with Crippen molar-refractivity contribution in [2.75, 3.05) is 11.9 Å². The summed E-state index contributed by atoms with van der Waals surface area (Å²) in [7, 11) is 0. The van der Waals surface area contributed by atoms with Crippen LogP contribution in [0.3, 0.4) is 0 Å². The second kappa shape index (κ2) is 8.09. The van der Waals surface area contributed by atoms with E-state index in [9.17, 15) is 15.0 Å². The molecule has 0 saturated heterocycles. The van der Waals surface area contributed by atoms with Gasteiger partial charge in [0, 0.05) is 22.7 Å². The molecule has 4 rings (SSSR count). The van der Waals surface area contributed by atoms with Crippen molar-refractivity contribution in [1.29, 1.82) is 0 Å². The molecule has 2 aliphatic rings. The van der Waals surface area contributed by atoms with Crippen LogP contribution in [-0.4, -0.2) is 28.3 Å². The van der Waals surface area contributed by atoms with Crippen molar-refractivity contribution in [3.8, 4) is 0 Å². The number of carboxylic acid groups (broad SMARTS) is 1. The van der Waals surface area contributed by atoms with Crippen LogP contribution in [0.1, 0.15) is 50.2 Å². The van der Waals surface area contributed by atoms with Gasteiger partial charge in [-0.3, -0.25) is 0 Å². The third-order valence-electron chi connectivity index (χ3n) is 6.88. The Bertz CT molecular complexity index is 976. The summed E-state index contributed by atoms with van der Waals surface area (Å²) >= 11 is 6.11. The van der Waals surface area contributed by atoms with Gasteiger partial charge in [-0.25, -0.2) is 4.79 Å². The van der Waals surface area contributed by atoms with Crippen LogP contribution in [-0.2, 0) is 10.2 Å². The molecule has 0 unspecified atom stereocenters. The fraction of sp³-hybridized carbons (Fsp3) is 0.400. The largest absolute Gasteiger partial charge is 0.480 e. The van der Waals surface area contributed by atoms with E-state index < -0.39 is 11.5 Å². The van der Waals surface area contributed by atoms with Crippen molar-refractivity contribution in [2.24, 2.45) is 5.92 Å². The number of nitrogens with one attached hydrogen (secondary N) is 1. The summed E-state index contributed by atoms with van der Waals surface area (Å²) in [6.07, 6.45) is 5.65. The Hall–Kier alpha value is -2.30. The lowest BCUT2D eigenvalue weighted by Crippen LogP contribution is -2.52. The minimum atomic E-state index is -1.01. The molecule has 4 nitrogen and oxygen atoms in total. The Morgan fingerprint density at radius 2 is 1.87 bits per heavy atom. The molecule has 158 valence electrons.